The van der Waals surface area contributed by atoms with Gasteiger partial charge >= 0.3 is 5.69 Å². The molecule has 0 saturated heterocycles. The molecule has 24 heavy (non-hydrogen) atoms. The highest BCUT2D eigenvalue weighted by Crippen LogP contribution is 2.04. The van der Waals surface area contributed by atoms with Gasteiger partial charge in [-0.25, -0.2) is 4.79 Å². The molecule has 0 saturated carbocycles. The molecule has 0 atom stereocenters. The van der Waals surface area contributed by atoms with E-state index < -0.39 is 5.69 Å². The number of hydrogen-bond acceptors (Lipinski definition) is 4. The van der Waals surface area contributed by atoms with Gasteiger partial charge in [0.1, 0.15) is 6.54 Å². The van der Waals surface area contributed by atoms with Crippen molar-refractivity contribution >= 4 is 5.91 Å². The van der Waals surface area contributed by atoms with Crippen LogP contribution in [0.4, 0.5) is 0 Å². The number of hydrogen-bond donors (Lipinski definition) is 0. The molecule has 1 aromatic heterocycles. The molecule has 0 aliphatic rings. The zero-order valence-electron chi connectivity index (χ0n) is 13.2. The second-order valence-electron chi connectivity index (χ2n) is 5.40. The Kier molecular flexibility index (Phi) is 4.51. The predicted molar refractivity (Wildman–Crippen MR) is 88.5 cm³/mol. The molecule has 0 unspecified atom stereocenters. The summed E-state index contributed by atoms with van der Waals surface area (Å²) in [5.41, 5.74) is 1.19. The summed E-state index contributed by atoms with van der Waals surface area (Å²) in [6.45, 7) is 0.330. The summed E-state index contributed by atoms with van der Waals surface area (Å²) in [4.78, 5) is 26.2. The summed E-state index contributed by atoms with van der Waals surface area (Å²) in [6.07, 6.45) is 0. The average molecular weight is 323 g/mol. The topological polar surface area (TPSA) is 73.0 Å². The summed E-state index contributed by atoms with van der Waals surface area (Å²) in [5, 5.41) is 7.62. The molecule has 122 valence electrons. The third-order valence-electron chi connectivity index (χ3n) is 3.61. The van der Waals surface area contributed by atoms with Crippen molar-refractivity contribution in [3.8, 4) is 5.69 Å². The molecule has 0 N–H and O–H groups in total. The average Bonchev–Trinajstić information content (AvgIpc) is 2.97. The maximum atomic E-state index is 12.3. The lowest BCUT2D eigenvalue weighted by Crippen LogP contribution is -2.34. The molecule has 3 aromatic rings. The zero-order chi connectivity index (χ0) is 16.9. The normalized spacial score (nSPS) is 10.5. The highest BCUT2D eigenvalue weighted by atomic mass is 16.2. The largest absolute Gasteiger partial charge is 0.368 e. The van der Waals surface area contributed by atoms with Crippen LogP contribution < -0.4 is 5.69 Å². The molecule has 2 aromatic carbocycles. The molecule has 1 heterocycles. The third kappa shape index (κ3) is 3.40. The monoisotopic (exact) mass is 323 g/mol. The van der Waals surface area contributed by atoms with E-state index in [-0.39, 0.29) is 12.5 Å². The number of rotatable bonds is 5. The first-order valence-corrected chi connectivity index (χ1v) is 7.51. The predicted octanol–water partition coefficient (Wildman–Crippen LogP) is 1.09. The summed E-state index contributed by atoms with van der Waals surface area (Å²) < 4.78 is 2.24. The quantitative estimate of drug-likeness (QED) is 0.704. The van der Waals surface area contributed by atoms with Gasteiger partial charge in [-0.3, -0.25) is 4.79 Å². The van der Waals surface area contributed by atoms with Crippen LogP contribution in [0, 0.1) is 0 Å². The minimum absolute atomic E-state index is 0.144. The third-order valence-corrected chi connectivity index (χ3v) is 3.61. The van der Waals surface area contributed by atoms with Crippen molar-refractivity contribution in [3.63, 3.8) is 0 Å². The Bertz CT molecular complexity index is 871. The van der Waals surface area contributed by atoms with Crippen LogP contribution >= 0.6 is 0 Å². The molecule has 1 amide bonds. The summed E-state index contributed by atoms with van der Waals surface area (Å²) in [7, 11) is 1.70. The Morgan fingerprint density at radius 1 is 1.00 bits per heavy atom. The Morgan fingerprint density at radius 3 is 2.29 bits per heavy atom. The maximum Gasteiger partial charge on any atom is 0.368 e. The Hall–Kier alpha value is -3.22. The number of amides is 1. The van der Waals surface area contributed by atoms with Crippen molar-refractivity contribution in [2.24, 2.45) is 0 Å². The van der Waals surface area contributed by atoms with Crippen LogP contribution in [0.2, 0.25) is 0 Å². The lowest BCUT2D eigenvalue weighted by molar-refractivity contribution is -0.131. The van der Waals surface area contributed by atoms with E-state index in [1.807, 2.05) is 36.4 Å². The number of aromatic nitrogens is 4. The fourth-order valence-electron chi connectivity index (χ4n) is 2.30. The minimum atomic E-state index is -0.442. The van der Waals surface area contributed by atoms with Crippen LogP contribution in [0.3, 0.4) is 0 Å². The van der Waals surface area contributed by atoms with E-state index in [2.05, 4.69) is 10.4 Å². The molecular weight excluding hydrogens is 306 g/mol. The molecule has 0 radical (unpaired) electrons. The standard InChI is InChI=1S/C17H17N5O2/c1-20(12-14-8-4-2-5-9-14)16(23)13-21-17(24)22(19-18-21)15-10-6-3-7-11-15/h2-11H,12-13H2,1H3. The van der Waals surface area contributed by atoms with Crippen LogP contribution in [0.5, 0.6) is 0 Å². The minimum Gasteiger partial charge on any atom is -0.340 e. The van der Waals surface area contributed by atoms with Gasteiger partial charge in [0.05, 0.1) is 5.69 Å². The van der Waals surface area contributed by atoms with E-state index in [9.17, 15) is 9.59 Å². The zero-order valence-corrected chi connectivity index (χ0v) is 13.2. The summed E-state index contributed by atoms with van der Waals surface area (Å²) in [5.74, 6) is -0.207. The van der Waals surface area contributed by atoms with Gasteiger partial charge in [0.25, 0.3) is 0 Å². The van der Waals surface area contributed by atoms with E-state index in [4.69, 9.17) is 0 Å². The second kappa shape index (κ2) is 6.91. The van der Waals surface area contributed by atoms with Crippen LogP contribution in [0.1, 0.15) is 5.56 Å². The van der Waals surface area contributed by atoms with Crippen LogP contribution in [0.15, 0.2) is 65.5 Å². The highest BCUT2D eigenvalue weighted by molar-refractivity contribution is 5.75. The van der Waals surface area contributed by atoms with E-state index >= 15 is 0 Å². The van der Waals surface area contributed by atoms with Crippen molar-refractivity contribution in [3.05, 3.63) is 76.7 Å². The molecule has 0 fully saturated rings. The fourth-order valence-corrected chi connectivity index (χ4v) is 2.30. The van der Waals surface area contributed by atoms with Crippen molar-refractivity contribution in [1.29, 1.82) is 0 Å². The number of tetrazole rings is 1. The molecule has 7 nitrogen and oxygen atoms in total. The molecule has 0 aliphatic carbocycles. The Morgan fingerprint density at radius 2 is 1.62 bits per heavy atom. The lowest BCUT2D eigenvalue weighted by atomic mass is 10.2. The summed E-state index contributed by atoms with van der Waals surface area (Å²) >= 11 is 0. The number of likely N-dealkylation sites (N-methyl/N-ethyl adjacent to an activating group) is 1. The van der Waals surface area contributed by atoms with Gasteiger partial charge in [0, 0.05) is 13.6 Å². The van der Waals surface area contributed by atoms with E-state index in [0.29, 0.717) is 12.2 Å². The van der Waals surface area contributed by atoms with Gasteiger partial charge in [-0.2, -0.15) is 9.36 Å². The van der Waals surface area contributed by atoms with Crippen molar-refractivity contribution < 1.29 is 4.79 Å². The Labute approximate surface area is 138 Å². The van der Waals surface area contributed by atoms with Gasteiger partial charge in [-0.05, 0) is 28.1 Å². The van der Waals surface area contributed by atoms with Crippen molar-refractivity contribution in [2.45, 2.75) is 13.1 Å². The molecule has 7 heteroatoms. The molecular formula is C17H17N5O2. The van der Waals surface area contributed by atoms with Gasteiger partial charge in [0.15, 0.2) is 0 Å². The highest BCUT2D eigenvalue weighted by Gasteiger charge is 2.15. The summed E-state index contributed by atoms with van der Waals surface area (Å²) in [6, 6.07) is 18.6. The van der Waals surface area contributed by atoms with Crippen LogP contribution in [0.25, 0.3) is 5.69 Å². The van der Waals surface area contributed by atoms with E-state index in [1.54, 1.807) is 36.2 Å². The second-order valence-corrected chi connectivity index (χ2v) is 5.40. The number of benzene rings is 2. The first kappa shape index (κ1) is 15.7. The van der Waals surface area contributed by atoms with Crippen LogP contribution in [-0.2, 0) is 17.9 Å². The van der Waals surface area contributed by atoms with E-state index in [0.717, 1.165) is 10.2 Å². The molecule has 0 bridgehead atoms. The Balaban J connectivity index is 1.71. The first-order chi connectivity index (χ1) is 11.6. The SMILES string of the molecule is CN(Cc1ccccc1)C(=O)Cn1nnn(-c2ccccc2)c1=O. The number of carbonyl (C=O) groups excluding carboxylic acids is 1. The van der Waals surface area contributed by atoms with Gasteiger partial charge in [-0.15, -0.1) is 0 Å². The van der Waals surface area contributed by atoms with Crippen LogP contribution in [-0.4, -0.2) is 37.6 Å². The smallest absolute Gasteiger partial charge is 0.340 e. The molecule has 0 aliphatic heterocycles. The first-order valence-electron chi connectivity index (χ1n) is 7.51. The van der Waals surface area contributed by atoms with Gasteiger partial charge in [-0.1, -0.05) is 48.5 Å². The molecule has 3 rings (SSSR count). The fraction of sp³-hybridized carbons (Fsp3) is 0.176. The van der Waals surface area contributed by atoms with Crippen molar-refractivity contribution in [2.75, 3.05) is 7.05 Å². The number of carbonyl (C=O) groups is 1. The van der Waals surface area contributed by atoms with E-state index in [1.165, 1.54) is 4.68 Å². The van der Waals surface area contributed by atoms with Crippen molar-refractivity contribution in [1.82, 2.24) is 24.7 Å². The maximum absolute atomic E-state index is 12.3. The number of para-hydroxylation sites is 1. The molecule has 0 spiro atoms. The van der Waals surface area contributed by atoms with Gasteiger partial charge < -0.3 is 4.90 Å². The number of nitrogens with zero attached hydrogens (tertiary/aromatic N) is 5. The van der Waals surface area contributed by atoms with Gasteiger partial charge in [0.2, 0.25) is 5.91 Å². The lowest BCUT2D eigenvalue weighted by Gasteiger charge is -2.16.